The highest BCUT2D eigenvalue weighted by Crippen LogP contribution is 2.32. The lowest BCUT2D eigenvalue weighted by atomic mass is 9.91. The predicted octanol–water partition coefficient (Wildman–Crippen LogP) is 2.28. The molecule has 1 heterocycles. The van der Waals surface area contributed by atoms with Gasteiger partial charge in [-0.3, -0.25) is 9.59 Å². The van der Waals surface area contributed by atoms with E-state index in [1.54, 1.807) is 38.1 Å². The van der Waals surface area contributed by atoms with E-state index in [9.17, 15) is 9.59 Å². The van der Waals surface area contributed by atoms with Crippen molar-refractivity contribution < 1.29 is 9.59 Å². The van der Waals surface area contributed by atoms with Crippen LogP contribution in [-0.2, 0) is 9.59 Å². The molecule has 1 fully saturated rings. The van der Waals surface area contributed by atoms with Gasteiger partial charge in [-0.25, -0.2) is 0 Å². The molecule has 0 bridgehead atoms. The van der Waals surface area contributed by atoms with Gasteiger partial charge in [0.15, 0.2) is 5.78 Å². The van der Waals surface area contributed by atoms with Gasteiger partial charge < -0.3 is 4.90 Å². The lowest BCUT2D eigenvalue weighted by Crippen LogP contribution is -2.31. The first kappa shape index (κ1) is 11.1. The normalized spacial score (nSPS) is 19.3. The van der Waals surface area contributed by atoms with Gasteiger partial charge in [-0.05, 0) is 32.0 Å². The van der Waals surface area contributed by atoms with Gasteiger partial charge in [0.05, 0.1) is 6.54 Å². The molecule has 0 radical (unpaired) electrons. The van der Waals surface area contributed by atoms with Crippen molar-refractivity contribution in [1.29, 1.82) is 0 Å². The van der Waals surface area contributed by atoms with Crippen molar-refractivity contribution in [1.82, 2.24) is 0 Å². The molecule has 0 spiro atoms. The van der Waals surface area contributed by atoms with Crippen molar-refractivity contribution in [3.05, 3.63) is 29.3 Å². The van der Waals surface area contributed by atoms with Gasteiger partial charge in [-0.15, -0.1) is 0 Å². The Morgan fingerprint density at radius 2 is 2.00 bits per heavy atom. The van der Waals surface area contributed by atoms with E-state index in [1.165, 1.54) is 4.90 Å². The summed E-state index contributed by atoms with van der Waals surface area (Å²) in [5.41, 5.74) is -0.237. The van der Waals surface area contributed by atoms with Gasteiger partial charge in [0.2, 0.25) is 5.91 Å². The number of anilines is 1. The summed E-state index contributed by atoms with van der Waals surface area (Å²) in [5.74, 6) is -0.225. The van der Waals surface area contributed by atoms with Crippen LogP contribution in [0.15, 0.2) is 24.3 Å². The molecular formula is C12H12ClNO2. The summed E-state index contributed by atoms with van der Waals surface area (Å²) in [4.78, 5) is 25.2. The van der Waals surface area contributed by atoms with Crippen LogP contribution >= 0.6 is 11.6 Å². The average molecular weight is 238 g/mol. The standard InChI is InChI=1S/C12H12ClNO2/c1-12(2)10(15)7-14(11(12)16)9-5-3-4-8(13)6-9/h3-6H,7H2,1-2H3. The third kappa shape index (κ3) is 1.61. The Bertz CT molecular complexity index is 468. The van der Waals surface area contributed by atoms with Crippen LogP contribution in [0.2, 0.25) is 5.02 Å². The van der Waals surface area contributed by atoms with E-state index in [0.717, 1.165) is 0 Å². The number of Topliss-reactive ketones (excluding diaryl/α,β-unsaturated/α-hetero) is 1. The first-order chi connectivity index (χ1) is 7.43. The number of hydrogen-bond donors (Lipinski definition) is 0. The molecular weight excluding hydrogens is 226 g/mol. The summed E-state index contributed by atoms with van der Waals surface area (Å²) in [6, 6.07) is 6.96. The van der Waals surface area contributed by atoms with Crippen molar-refractivity contribution in [3.8, 4) is 0 Å². The summed E-state index contributed by atoms with van der Waals surface area (Å²) in [6.45, 7) is 3.44. The highest BCUT2D eigenvalue weighted by atomic mass is 35.5. The Morgan fingerprint density at radius 1 is 1.31 bits per heavy atom. The number of ketones is 1. The molecule has 0 atom stereocenters. The molecule has 2 rings (SSSR count). The molecule has 0 aliphatic carbocycles. The van der Waals surface area contributed by atoms with E-state index >= 15 is 0 Å². The third-order valence-electron chi connectivity index (χ3n) is 2.90. The van der Waals surface area contributed by atoms with Gasteiger partial charge in [-0.1, -0.05) is 17.7 Å². The number of nitrogens with zero attached hydrogens (tertiary/aromatic N) is 1. The van der Waals surface area contributed by atoms with Crippen LogP contribution in [0.5, 0.6) is 0 Å². The number of halogens is 1. The summed E-state index contributed by atoms with van der Waals surface area (Å²) >= 11 is 5.86. The van der Waals surface area contributed by atoms with E-state index < -0.39 is 5.41 Å². The van der Waals surface area contributed by atoms with Crippen molar-refractivity contribution in [2.45, 2.75) is 13.8 Å². The van der Waals surface area contributed by atoms with E-state index in [0.29, 0.717) is 10.7 Å². The highest BCUT2D eigenvalue weighted by molar-refractivity contribution is 6.31. The Hall–Kier alpha value is -1.35. The molecule has 1 aromatic carbocycles. The zero-order valence-electron chi connectivity index (χ0n) is 9.16. The molecule has 0 saturated carbocycles. The third-order valence-corrected chi connectivity index (χ3v) is 3.13. The second kappa shape index (κ2) is 3.59. The smallest absolute Gasteiger partial charge is 0.240 e. The topological polar surface area (TPSA) is 37.4 Å². The fourth-order valence-electron chi connectivity index (χ4n) is 1.72. The summed E-state index contributed by atoms with van der Waals surface area (Å²) in [7, 11) is 0. The molecule has 0 unspecified atom stereocenters. The molecule has 4 heteroatoms. The molecule has 3 nitrogen and oxygen atoms in total. The Balaban J connectivity index is 2.38. The average Bonchev–Trinajstić information content (AvgIpc) is 2.42. The van der Waals surface area contributed by atoms with Crippen molar-refractivity contribution >= 4 is 29.0 Å². The Kier molecular flexibility index (Phi) is 2.50. The van der Waals surface area contributed by atoms with E-state index in [-0.39, 0.29) is 18.2 Å². The van der Waals surface area contributed by atoms with E-state index in [4.69, 9.17) is 11.6 Å². The fourth-order valence-corrected chi connectivity index (χ4v) is 1.91. The monoisotopic (exact) mass is 237 g/mol. The molecule has 1 amide bonds. The molecule has 1 aliphatic rings. The first-order valence-electron chi connectivity index (χ1n) is 5.04. The summed E-state index contributed by atoms with van der Waals surface area (Å²) in [5, 5.41) is 0.558. The number of carbonyl (C=O) groups excluding carboxylic acids is 2. The van der Waals surface area contributed by atoms with Crippen LogP contribution < -0.4 is 4.90 Å². The minimum absolute atomic E-state index is 0.0579. The van der Waals surface area contributed by atoms with Gasteiger partial charge in [0.1, 0.15) is 5.41 Å². The van der Waals surface area contributed by atoms with Crippen molar-refractivity contribution in [2.75, 3.05) is 11.4 Å². The molecule has 0 aromatic heterocycles. The highest BCUT2D eigenvalue weighted by Gasteiger charge is 2.46. The van der Waals surface area contributed by atoms with Crippen LogP contribution in [0.3, 0.4) is 0 Å². The minimum Gasteiger partial charge on any atom is -0.304 e. The lowest BCUT2D eigenvalue weighted by Gasteiger charge is -2.18. The largest absolute Gasteiger partial charge is 0.304 e. The van der Waals surface area contributed by atoms with Gasteiger partial charge in [0.25, 0.3) is 0 Å². The fraction of sp³-hybridized carbons (Fsp3) is 0.333. The molecule has 1 aromatic rings. The van der Waals surface area contributed by atoms with Crippen LogP contribution in [0.25, 0.3) is 0 Å². The summed E-state index contributed by atoms with van der Waals surface area (Å²) < 4.78 is 0. The molecule has 1 saturated heterocycles. The summed E-state index contributed by atoms with van der Waals surface area (Å²) in [6.07, 6.45) is 0. The number of benzene rings is 1. The van der Waals surface area contributed by atoms with Crippen LogP contribution in [-0.4, -0.2) is 18.2 Å². The predicted molar refractivity (Wildman–Crippen MR) is 62.6 cm³/mol. The maximum Gasteiger partial charge on any atom is 0.240 e. The van der Waals surface area contributed by atoms with Crippen LogP contribution in [0.4, 0.5) is 5.69 Å². The maximum atomic E-state index is 12.0. The molecule has 1 aliphatic heterocycles. The second-order valence-corrected chi connectivity index (χ2v) is 4.86. The second-order valence-electron chi connectivity index (χ2n) is 4.42. The zero-order chi connectivity index (χ0) is 11.9. The number of rotatable bonds is 1. The van der Waals surface area contributed by atoms with E-state index in [1.807, 2.05) is 0 Å². The van der Waals surface area contributed by atoms with Crippen LogP contribution in [0, 0.1) is 5.41 Å². The van der Waals surface area contributed by atoms with Gasteiger partial charge in [-0.2, -0.15) is 0 Å². The van der Waals surface area contributed by atoms with Gasteiger partial charge in [0, 0.05) is 10.7 Å². The zero-order valence-corrected chi connectivity index (χ0v) is 9.91. The molecule has 0 N–H and O–H groups in total. The van der Waals surface area contributed by atoms with E-state index in [2.05, 4.69) is 0 Å². The van der Waals surface area contributed by atoms with Crippen molar-refractivity contribution in [3.63, 3.8) is 0 Å². The lowest BCUT2D eigenvalue weighted by molar-refractivity contribution is -0.132. The number of carbonyl (C=O) groups is 2. The maximum absolute atomic E-state index is 12.0. The Labute approximate surface area is 99.0 Å². The van der Waals surface area contributed by atoms with Crippen LogP contribution in [0.1, 0.15) is 13.8 Å². The van der Waals surface area contributed by atoms with Gasteiger partial charge >= 0.3 is 0 Å². The quantitative estimate of drug-likeness (QED) is 0.703. The number of hydrogen-bond acceptors (Lipinski definition) is 2. The SMILES string of the molecule is CC1(C)C(=O)CN(c2cccc(Cl)c2)C1=O. The molecule has 16 heavy (non-hydrogen) atoms. The number of amides is 1. The minimum atomic E-state index is -0.914. The Morgan fingerprint density at radius 3 is 2.50 bits per heavy atom. The first-order valence-corrected chi connectivity index (χ1v) is 5.41. The van der Waals surface area contributed by atoms with Crippen molar-refractivity contribution in [2.24, 2.45) is 5.41 Å². The molecule has 84 valence electrons.